The predicted molar refractivity (Wildman–Crippen MR) is 117 cm³/mol. The van der Waals surface area contributed by atoms with Gasteiger partial charge in [-0.25, -0.2) is 0 Å². The Morgan fingerprint density at radius 1 is 1.13 bits per heavy atom. The second-order valence-corrected chi connectivity index (χ2v) is 10.7. The van der Waals surface area contributed by atoms with Crippen LogP contribution in [0.2, 0.25) is 0 Å². The summed E-state index contributed by atoms with van der Waals surface area (Å²) >= 11 is 0. The monoisotopic (exact) mass is 439 g/mol. The Labute approximate surface area is 177 Å². The maximum atomic E-state index is 10.7. The van der Waals surface area contributed by atoms with Gasteiger partial charge in [0, 0.05) is 0 Å². The van der Waals surface area contributed by atoms with Crippen molar-refractivity contribution in [3.05, 3.63) is 12.7 Å². The van der Waals surface area contributed by atoms with E-state index in [1.54, 1.807) is 10.9 Å². The average molecular weight is 439 g/mol. The molecule has 12 heteroatoms. The molecule has 166 valence electrons. The van der Waals surface area contributed by atoms with Crippen molar-refractivity contribution in [2.75, 3.05) is 18.5 Å². The number of ether oxygens (including phenoxy) is 1. The Kier molecular flexibility index (Phi) is 6.86. The average Bonchev–Trinajstić information content (AvgIpc) is 3.00. The second-order valence-electron chi connectivity index (χ2n) is 8.30. The van der Waals surface area contributed by atoms with Gasteiger partial charge in [0.2, 0.25) is 0 Å². The number of aromatic nitrogens is 4. The van der Waals surface area contributed by atoms with Gasteiger partial charge in [-0.2, -0.15) is 0 Å². The van der Waals surface area contributed by atoms with Gasteiger partial charge in [0.05, 0.1) is 0 Å². The van der Waals surface area contributed by atoms with Crippen molar-refractivity contribution in [3.8, 4) is 0 Å². The molecular formula is C18H31BN5O5P. The third-order valence-corrected chi connectivity index (χ3v) is 7.04. The summed E-state index contributed by atoms with van der Waals surface area (Å²) in [6.07, 6.45) is 8.17. The molecule has 2 fully saturated rings. The molecule has 3 N–H and O–H groups in total. The Balaban J connectivity index is 1.60. The Morgan fingerprint density at radius 2 is 1.87 bits per heavy atom. The molecule has 0 bridgehead atoms. The van der Waals surface area contributed by atoms with E-state index < -0.39 is 20.2 Å². The zero-order valence-electron chi connectivity index (χ0n) is 17.5. The van der Waals surface area contributed by atoms with Gasteiger partial charge in [-0.15, -0.1) is 0 Å². The van der Waals surface area contributed by atoms with E-state index in [0.717, 1.165) is 12.8 Å². The molecule has 0 radical (unpaired) electrons. The van der Waals surface area contributed by atoms with Crippen LogP contribution in [0.25, 0.3) is 11.2 Å². The van der Waals surface area contributed by atoms with Crippen LogP contribution >= 0.6 is 7.82 Å². The third kappa shape index (κ3) is 5.10. The number of nitrogens with zero attached hydrogens (tertiary/aromatic N) is 4. The first-order valence-corrected chi connectivity index (χ1v) is 13.0. The summed E-state index contributed by atoms with van der Waals surface area (Å²) in [6.45, 7) is 1.87. The fourth-order valence-corrected chi connectivity index (χ4v) is 5.12. The first-order chi connectivity index (χ1) is 14.4. The van der Waals surface area contributed by atoms with E-state index in [0.29, 0.717) is 23.0 Å². The zero-order valence-corrected chi connectivity index (χ0v) is 18.5. The SMILES string of the molecule is B[PH]1(O)OC[C@H](C)O[C@@H](n2cnc3c(NC4CCCCCC4)ncnc32)[C@@H](O)CO1. The molecule has 3 atom stereocenters. The number of imidazole rings is 1. The van der Waals surface area contributed by atoms with Crippen molar-refractivity contribution >= 4 is 32.4 Å². The first kappa shape index (κ1) is 21.9. The maximum absolute atomic E-state index is 10.7. The Morgan fingerprint density at radius 3 is 2.63 bits per heavy atom. The summed E-state index contributed by atoms with van der Waals surface area (Å²) in [6, 6.07) is 0.375. The summed E-state index contributed by atoms with van der Waals surface area (Å²) in [5.41, 5.74) is 1.21. The molecule has 0 aromatic carbocycles. The molecule has 0 unspecified atom stereocenters. The van der Waals surface area contributed by atoms with Crippen LogP contribution in [-0.4, -0.2) is 68.5 Å². The summed E-state index contributed by atoms with van der Waals surface area (Å²) in [4.78, 5) is 23.6. The minimum atomic E-state index is -3.30. The molecule has 1 saturated carbocycles. The molecule has 2 aromatic heterocycles. The van der Waals surface area contributed by atoms with Crippen LogP contribution in [0, 0.1) is 0 Å². The van der Waals surface area contributed by atoms with Gasteiger partial charge in [-0.3, -0.25) is 0 Å². The number of aliphatic hydroxyl groups is 1. The van der Waals surface area contributed by atoms with Crippen molar-refractivity contribution < 1.29 is 23.8 Å². The minimum absolute atomic E-state index is 0.117. The fourth-order valence-electron chi connectivity index (χ4n) is 4.02. The van der Waals surface area contributed by atoms with Crippen LogP contribution in [0.4, 0.5) is 5.82 Å². The molecule has 30 heavy (non-hydrogen) atoms. The Hall–Kier alpha value is -1.36. The number of nitrogens with one attached hydrogen (secondary N) is 1. The van der Waals surface area contributed by atoms with Gasteiger partial charge in [-0.1, -0.05) is 12.8 Å². The van der Waals surface area contributed by atoms with Crippen molar-refractivity contribution in [2.45, 2.75) is 69.9 Å². The van der Waals surface area contributed by atoms with Gasteiger partial charge in [0.15, 0.2) is 0 Å². The van der Waals surface area contributed by atoms with E-state index >= 15 is 0 Å². The van der Waals surface area contributed by atoms with Crippen LogP contribution in [0.3, 0.4) is 0 Å². The number of hydrogen-bond acceptors (Lipinski definition) is 9. The molecule has 4 rings (SSSR count). The molecular weight excluding hydrogens is 408 g/mol. The molecule has 0 spiro atoms. The number of rotatable bonds is 3. The predicted octanol–water partition coefficient (Wildman–Crippen LogP) is 1.31. The van der Waals surface area contributed by atoms with Crippen LogP contribution in [0.1, 0.15) is 51.7 Å². The van der Waals surface area contributed by atoms with E-state index in [2.05, 4.69) is 20.3 Å². The topological polar surface area (TPSA) is 124 Å². The van der Waals surface area contributed by atoms with Crippen LogP contribution in [-0.2, 0) is 13.8 Å². The zero-order chi connectivity index (χ0) is 21.1. The molecule has 10 nitrogen and oxygen atoms in total. The summed E-state index contributed by atoms with van der Waals surface area (Å²) in [5, 5.41) is 14.3. The van der Waals surface area contributed by atoms with Gasteiger partial charge < -0.3 is 0 Å². The summed E-state index contributed by atoms with van der Waals surface area (Å²) in [5.74, 6) is 0.700. The molecule has 1 saturated heterocycles. The number of hydrogen-bond donors (Lipinski definition) is 3. The fraction of sp³-hybridized carbons (Fsp3) is 0.722. The van der Waals surface area contributed by atoms with E-state index in [-0.39, 0.29) is 19.3 Å². The van der Waals surface area contributed by atoms with Gasteiger partial charge in [-0.05, 0) is 0 Å². The molecule has 0 amide bonds. The molecule has 1 aliphatic heterocycles. The molecule has 2 aliphatic rings. The van der Waals surface area contributed by atoms with Crippen molar-refractivity contribution in [1.82, 2.24) is 19.5 Å². The van der Waals surface area contributed by atoms with Crippen LogP contribution in [0.5, 0.6) is 0 Å². The van der Waals surface area contributed by atoms with Crippen molar-refractivity contribution in [3.63, 3.8) is 0 Å². The summed E-state index contributed by atoms with van der Waals surface area (Å²) in [7, 11) is -1.77. The molecule has 2 aromatic rings. The van der Waals surface area contributed by atoms with E-state index in [1.165, 1.54) is 39.6 Å². The molecule has 3 heterocycles. The van der Waals surface area contributed by atoms with Crippen molar-refractivity contribution in [1.29, 1.82) is 0 Å². The third-order valence-electron chi connectivity index (χ3n) is 5.64. The molecule has 1 aliphatic carbocycles. The van der Waals surface area contributed by atoms with E-state index in [1.807, 2.05) is 6.92 Å². The van der Waals surface area contributed by atoms with E-state index in [9.17, 15) is 10.00 Å². The second kappa shape index (κ2) is 9.42. The standard InChI is InChI=1S/C18H31BN5O5P/c1-12-8-27-30(19,26)28-9-14(25)18(29-12)24-11-22-15-16(20-10-21-17(15)24)23-13-6-4-2-3-5-7-13/h10-14,18,25-26,30H,2-9,19H2,1H3,(H,20,21,23)/t12-,14-,18+/m0/s1. The Bertz CT molecular complexity index is 847. The van der Waals surface area contributed by atoms with E-state index in [4.69, 9.17) is 13.8 Å². The van der Waals surface area contributed by atoms with Crippen LogP contribution in [0.15, 0.2) is 12.7 Å². The number of fused-ring (bicyclic) bond motifs is 1. The van der Waals surface area contributed by atoms with Gasteiger partial charge >= 0.3 is 164 Å². The van der Waals surface area contributed by atoms with Crippen molar-refractivity contribution in [2.24, 2.45) is 0 Å². The number of aliphatic hydroxyl groups excluding tert-OH is 1. The quantitative estimate of drug-likeness (QED) is 0.369. The van der Waals surface area contributed by atoms with Crippen LogP contribution < -0.4 is 5.32 Å². The van der Waals surface area contributed by atoms with Gasteiger partial charge in [0.25, 0.3) is 0 Å². The normalized spacial score (nSPS) is 30.0. The summed E-state index contributed by atoms with van der Waals surface area (Å²) < 4.78 is 18.6. The first-order valence-electron chi connectivity index (χ1n) is 10.7. The number of anilines is 1. The van der Waals surface area contributed by atoms with Gasteiger partial charge in [0.1, 0.15) is 0 Å².